The largest absolute Gasteiger partial charge is 0.481 e. The molecule has 1 atom stereocenters. The third kappa shape index (κ3) is 4.28. The van der Waals surface area contributed by atoms with Gasteiger partial charge in [0.15, 0.2) is 11.6 Å². The molecule has 1 spiro atoms. The Labute approximate surface area is 182 Å². The molecule has 0 bridgehead atoms. The van der Waals surface area contributed by atoms with Crippen LogP contribution in [0.5, 0.6) is 11.6 Å². The van der Waals surface area contributed by atoms with Crippen molar-refractivity contribution in [3.05, 3.63) is 12.1 Å². The normalized spacial score (nSPS) is 28.7. The van der Waals surface area contributed by atoms with E-state index in [0.717, 1.165) is 58.0 Å². The van der Waals surface area contributed by atoms with Crippen molar-refractivity contribution in [2.24, 2.45) is 5.41 Å². The Kier molecular flexibility index (Phi) is 6.22. The van der Waals surface area contributed by atoms with Crippen LogP contribution in [-0.4, -0.2) is 72.9 Å². The van der Waals surface area contributed by atoms with E-state index in [1.54, 1.807) is 19.2 Å². The zero-order valence-electron chi connectivity index (χ0n) is 18.3. The van der Waals surface area contributed by atoms with Gasteiger partial charge in [0.05, 0.1) is 18.6 Å². The molecule has 1 unspecified atom stereocenters. The van der Waals surface area contributed by atoms with Crippen LogP contribution in [0.4, 0.5) is 10.6 Å². The molecular formula is C22H32N4O5. The second-order valence-electron chi connectivity index (χ2n) is 8.83. The number of nitrogens with one attached hydrogen (secondary N) is 1. The summed E-state index contributed by atoms with van der Waals surface area (Å²) in [6.45, 7) is 2.04. The molecule has 2 aliphatic heterocycles. The summed E-state index contributed by atoms with van der Waals surface area (Å²) < 4.78 is 10.7. The minimum Gasteiger partial charge on any atom is -0.481 e. The van der Waals surface area contributed by atoms with Crippen molar-refractivity contribution in [2.45, 2.75) is 57.1 Å². The molecule has 3 heterocycles. The van der Waals surface area contributed by atoms with Gasteiger partial charge in [0.1, 0.15) is 0 Å². The van der Waals surface area contributed by atoms with Crippen LogP contribution >= 0.6 is 0 Å². The number of rotatable bonds is 4. The standard InChI is InChI=1S/C22H32N4O5/c1-23-21(29)31-17-8-9-18(30-2)24-19(17)25-12-3-10-22(14-25)11-13-26(20(22)28)15-4-6-16(27)7-5-15/h8-9,15-16,27H,3-7,10-14H2,1-2H3,(H,23,29). The fourth-order valence-corrected chi connectivity index (χ4v) is 5.25. The van der Waals surface area contributed by atoms with Gasteiger partial charge < -0.3 is 29.7 Å². The van der Waals surface area contributed by atoms with Gasteiger partial charge in [-0.2, -0.15) is 4.98 Å². The van der Waals surface area contributed by atoms with Gasteiger partial charge in [0, 0.05) is 38.8 Å². The Bertz CT molecular complexity index is 826. The number of aliphatic hydroxyl groups excluding tert-OH is 1. The van der Waals surface area contributed by atoms with Crippen molar-refractivity contribution in [3.63, 3.8) is 0 Å². The average Bonchev–Trinajstić information content (AvgIpc) is 3.09. The minimum absolute atomic E-state index is 0.218. The Hall–Kier alpha value is -2.55. The number of methoxy groups -OCH3 is 1. The van der Waals surface area contributed by atoms with E-state index in [0.29, 0.717) is 24.0 Å². The van der Waals surface area contributed by atoms with Gasteiger partial charge in [-0.1, -0.05) is 0 Å². The van der Waals surface area contributed by atoms with Crippen molar-refractivity contribution >= 4 is 17.8 Å². The number of carbonyl (C=O) groups is 2. The second kappa shape index (κ2) is 8.90. The Balaban J connectivity index is 1.55. The highest BCUT2D eigenvalue weighted by Crippen LogP contribution is 2.44. The number of likely N-dealkylation sites (tertiary alicyclic amines) is 1. The lowest BCUT2D eigenvalue weighted by molar-refractivity contribution is -0.139. The summed E-state index contributed by atoms with van der Waals surface area (Å²) >= 11 is 0. The molecule has 2 N–H and O–H groups in total. The first-order valence-electron chi connectivity index (χ1n) is 11.1. The van der Waals surface area contributed by atoms with E-state index in [1.807, 2.05) is 0 Å². The van der Waals surface area contributed by atoms with Crippen molar-refractivity contribution in [2.75, 3.05) is 38.7 Å². The molecule has 2 amide bonds. The first-order valence-corrected chi connectivity index (χ1v) is 11.1. The maximum atomic E-state index is 13.6. The zero-order valence-corrected chi connectivity index (χ0v) is 18.3. The molecule has 9 heteroatoms. The highest BCUT2D eigenvalue weighted by atomic mass is 16.6. The maximum Gasteiger partial charge on any atom is 0.412 e. The molecule has 0 aromatic carbocycles. The molecule has 3 aliphatic rings. The Morgan fingerprint density at radius 1 is 1.23 bits per heavy atom. The number of piperidine rings is 1. The lowest BCUT2D eigenvalue weighted by Crippen LogP contribution is -2.50. The first kappa shape index (κ1) is 21.7. The summed E-state index contributed by atoms with van der Waals surface area (Å²) in [5.41, 5.74) is -0.441. The molecule has 1 aliphatic carbocycles. The molecule has 9 nitrogen and oxygen atoms in total. The summed E-state index contributed by atoms with van der Waals surface area (Å²) in [5, 5.41) is 12.3. The zero-order chi connectivity index (χ0) is 22.0. The topological polar surface area (TPSA) is 104 Å². The van der Waals surface area contributed by atoms with E-state index in [1.165, 1.54) is 7.05 Å². The number of hydrogen-bond acceptors (Lipinski definition) is 7. The summed E-state index contributed by atoms with van der Waals surface area (Å²) in [5.74, 6) is 1.52. The SMILES string of the molecule is CNC(=O)Oc1ccc(OC)nc1N1CCCC2(CCN(C3CCC(O)CC3)C2=O)C1. The highest BCUT2D eigenvalue weighted by Gasteiger charge is 2.51. The molecule has 0 radical (unpaired) electrons. The number of aliphatic hydroxyl groups is 1. The second-order valence-corrected chi connectivity index (χ2v) is 8.83. The lowest BCUT2D eigenvalue weighted by Gasteiger charge is -2.41. The minimum atomic E-state index is -0.567. The number of hydrogen-bond donors (Lipinski definition) is 2. The quantitative estimate of drug-likeness (QED) is 0.749. The smallest absolute Gasteiger partial charge is 0.412 e. The van der Waals surface area contributed by atoms with Crippen LogP contribution < -0.4 is 19.7 Å². The summed E-state index contributed by atoms with van der Waals surface area (Å²) in [4.78, 5) is 34.0. The number of carbonyl (C=O) groups excluding carboxylic acids is 2. The number of pyridine rings is 1. The van der Waals surface area contributed by atoms with Gasteiger partial charge in [0.25, 0.3) is 0 Å². The van der Waals surface area contributed by atoms with Crippen LogP contribution in [-0.2, 0) is 4.79 Å². The van der Waals surface area contributed by atoms with Crippen LogP contribution in [0, 0.1) is 5.41 Å². The molecule has 1 aromatic heterocycles. The van der Waals surface area contributed by atoms with Crippen LogP contribution in [0.15, 0.2) is 12.1 Å². The van der Waals surface area contributed by atoms with E-state index >= 15 is 0 Å². The highest BCUT2D eigenvalue weighted by molar-refractivity contribution is 5.86. The van der Waals surface area contributed by atoms with Gasteiger partial charge in [-0.05, 0) is 51.0 Å². The predicted octanol–water partition coefficient (Wildman–Crippen LogP) is 1.93. The van der Waals surface area contributed by atoms with Gasteiger partial charge in [-0.25, -0.2) is 4.79 Å². The van der Waals surface area contributed by atoms with E-state index < -0.39 is 11.5 Å². The maximum absolute atomic E-state index is 13.6. The van der Waals surface area contributed by atoms with Crippen LogP contribution in [0.1, 0.15) is 44.9 Å². The number of amides is 2. The fourth-order valence-electron chi connectivity index (χ4n) is 5.25. The van der Waals surface area contributed by atoms with Gasteiger partial charge in [-0.3, -0.25) is 4.79 Å². The number of anilines is 1. The third-order valence-corrected chi connectivity index (χ3v) is 6.96. The van der Waals surface area contributed by atoms with Crippen molar-refractivity contribution < 1.29 is 24.2 Å². The van der Waals surface area contributed by atoms with E-state index in [4.69, 9.17) is 9.47 Å². The van der Waals surface area contributed by atoms with Gasteiger partial charge >= 0.3 is 6.09 Å². The molecule has 3 fully saturated rings. The Morgan fingerprint density at radius 3 is 2.71 bits per heavy atom. The Morgan fingerprint density at radius 2 is 2.00 bits per heavy atom. The van der Waals surface area contributed by atoms with Crippen LogP contribution in [0.25, 0.3) is 0 Å². The summed E-state index contributed by atoms with van der Waals surface area (Å²) in [7, 11) is 3.05. The summed E-state index contributed by atoms with van der Waals surface area (Å²) in [6.07, 6.45) is 5.00. The number of ether oxygens (including phenoxy) is 2. The average molecular weight is 433 g/mol. The molecule has 2 saturated heterocycles. The monoisotopic (exact) mass is 432 g/mol. The van der Waals surface area contributed by atoms with E-state index in [2.05, 4.69) is 20.1 Å². The molecular weight excluding hydrogens is 400 g/mol. The van der Waals surface area contributed by atoms with E-state index in [-0.39, 0.29) is 18.1 Å². The number of nitrogens with zero attached hydrogens (tertiary/aromatic N) is 3. The third-order valence-electron chi connectivity index (χ3n) is 6.96. The first-order chi connectivity index (χ1) is 15.0. The van der Waals surface area contributed by atoms with Crippen LogP contribution in [0.2, 0.25) is 0 Å². The summed E-state index contributed by atoms with van der Waals surface area (Å²) in [6, 6.07) is 3.56. The molecule has 1 aromatic rings. The molecule has 1 saturated carbocycles. The van der Waals surface area contributed by atoms with Gasteiger partial charge in [-0.15, -0.1) is 0 Å². The van der Waals surface area contributed by atoms with Crippen molar-refractivity contribution in [1.82, 2.24) is 15.2 Å². The van der Waals surface area contributed by atoms with Crippen molar-refractivity contribution in [3.8, 4) is 11.6 Å². The van der Waals surface area contributed by atoms with Gasteiger partial charge in [0.2, 0.25) is 11.8 Å². The predicted molar refractivity (Wildman–Crippen MR) is 114 cm³/mol. The molecule has 4 rings (SSSR count). The fraction of sp³-hybridized carbons (Fsp3) is 0.682. The lowest BCUT2D eigenvalue weighted by atomic mass is 9.78. The molecule has 170 valence electrons. The number of aromatic nitrogens is 1. The van der Waals surface area contributed by atoms with Crippen LogP contribution in [0.3, 0.4) is 0 Å². The van der Waals surface area contributed by atoms with Crippen molar-refractivity contribution in [1.29, 1.82) is 0 Å². The van der Waals surface area contributed by atoms with E-state index in [9.17, 15) is 14.7 Å². The molecule has 31 heavy (non-hydrogen) atoms.